The van der Waals surface area contributed by atoms with Crippen LogP contribution in [0.5, 0.6) is 0 Å². The zero-order valence-corrected chi connectivity index (χ0v) is 6.74. The van der Waals surface area contributed by atoms with E-state index in [-0.39, 0.29) is 5.78 Å². The number of carbonyl (C=O) groups excluding carboxylic acids is 1. The molecule has 10 heavy (non-hydrogen) atoms. The van der Waals surface area contributed by atoms with Crippen LogP contribution in [0.4, 0.5) is 0 Å². The molecule has 0 aliphatic carbocycles. The molecule has 0 atom stereocenters. The lowest BCUT2D eigenvalue weighted by atomic mass is 10.2. The number of rotatable bonds is 5. The number of Topliss-reactive ketones (excluding diaryl/α,β-unsaturated/α-hetero) is 1. The van der Waals surface area contributed by atoms with E-state index in [1.807, 2.05) is 0 Å². The summed E-state index contributed by atoms with van der Waals surface area (Å²) in [6.07, 6.45) is 1.06. The lowest BCUT2D eigenvalue weighted by Crippen LogP contribution is -2.23. The van der Waals surface area contributed by atoms with Gasteiger partial charge in [-0.1, -0.05) is 13.5 Å². The minimum Gasteiger partial charge on any atom is -0.310 e. The van der Waals surface area contributed by atoms with E-state index in [2.05, 4.69) is 18.8 Å². The van der Waals surface area contributed by atoms with Gasteiger partial charge in [0.1, 0.15) is 0 Å². The first-order chi connectivity index (χ1) is 4.68. The second-order valence-electron chi connectivity index (χ2n) is 2.38. The van der Waals surface area contributed by atoms with Crippen molar-refractivity contribution in [3.63, 3.8) is 0 Å². The van der Waals surface area contributed by atoms with Crippen molar-refractivity contribution in [2.45, 2.75) is 20.3 Å². The maximum atomic E-state index is 10.9. The predicted molar refractivity (Wildman–Crippen MR) is 43.0 cm³/mol. The van der Waals surface area contributed by atoms with E-state index in [0.717, 1.165) is 13.0 Å². The Morgan fingerprint density at radius 1 is 1.60 bits per heavy atom. The smallest absolute Gasteiger partial charge is 0.171 e. The Labute approximate surface area is 62.3 Å². The molecule has 0 aliphatic rings. The summed E-state index contributed by atoms with van der Waals surface area (Å²) >= 11 is 0. The molecule has 0 aromatic carbocycles. The van der Waals surface area contributed by atoms with Gasteiger partial charge in [0, 0.05) is 0 Å². The van der Waals surface area contributed by atoms with Crippen molar-refractivity contribution in [3.05, 3.63) is 12.2 Å². The van der Waals surface area contributed by atoms with E-state index >= 15 is 0 Å². The molecule has 0 rings (SSSR count). The number of carbonyl (C=O) groups is 1. The monoisotopic (exact) mass is 141 g/mol. The lowest BCUT2D eigenvalue weighted by Gasteiger charge is -1.99. The Balaban J connectivity index is 3.31. The molecule has 0 aromatic rings. The molecule has 0 heterocycles. The van der Waals surface area contributed by atoms with E-state index in [1.54, 1.807) is 6.92 Å². The third-order valence-corrected chi connectivity index (χ3v) is 1.19. The molecule has 0 fully saturated rings. The summed E-state index contributed by atoms with van der Waals surface area (Å²) in [6, 6.07) is 0. The first-order valence-electron chi connectivity index (χ1n) is 3.58. The van der Waals surface area contributed by atoms with Crippen LogP contribution in [0, 0.1) is 0 Å². The van der Waals surface area contributed by atoms with Gasteiger partial charge in [0.15, 0.2) is 5.78 Å². The maximum absolute atomic E-state index is 10.9. The summed E-state index contributed by atoms with van der Waals surface area (Å²) in [5, 5.41) is 3.01. The van der Waals surface area contributed by atoms with Crippen LogP contribution >= 0.6 is 0 Å². The molecule has 0 radical (unpaired) electrons. The van der Waals surface area contributed by atoms with E-state index in [9.17, 15) is 4.79 Å². The third kappa shape index (κ3) is 4.27. The fourth-order valence-corrected chi connectivity index (χ4v) is 0.530. The normalized spacial score (nSPS) is 9.40. The first kappa shape index (κ1) is 9.37. The van der Waals surface area contributed by atoms with Gasteiger partial charge in [0.25, 0.3) is 0 Å². The van der Waals surface area contributed by atoms with Crippen LogP contribution in [0.2, 0.25) is 0 Å². The summed E-state index contributed by atoms with van der Waals surface area (Å²) in [7, 11) is 0. The Bertz CT molecular complexity index is 129. The number of hydrogen-bond acceptors (Lipinski definition) is 2. The Kier molecular flexibility index (Phi) is 4.85. The zero-order chi connectivity index (χ0) is 7.98. The van der Waals surface area contributed by atoms with Gasteiger partial charge in [0.2, 0.25) is 0 Å². The average molecular weight is 141 g/mol. The van der Waals surface area contributed by atoms with Gasteiger partial charge in [0.05, 0.1) is 6.54 Å². The molecule has 0 aromatic heterocycles. The highest BCUT2D eigenvalue weighted by Crippen LogP contribution is 1.86. The van der Waals surface area contributed by atoms with E-state index in [4.69, 9.17) is 0 Å². The molecule has 58 valence electrons. The summed E-state index contributed by atoms with van der Waals surface area (Å²) in [6.45, 7) is 8.68. The SMILES string of the molecule is C=C(C)C(=O)CNCCC. The average Bonchev–Trinajstić information content (AvgIpc) is 1.88. The van der Waals surface area contributed by atoms with Gasteiger partial charge in [-0.25, -0.2) is 0 Å². The largest absolute Gasteiger partial charge is 0.310 e. The molecule has 0 saturated carbocycles. The van der Waals surface area contributed by atoms with Crippen LogP contribution in [-0.2, 0) is 4.79 Å². The highest BCUT2D eigenvalue weighted by atomic mass is 16.1. The topological polar surface area (TPSA) is 29.1 Å². The molecular formula is C8H15NO. The van der Waals surface area contributed by atoms with Crippen molar-refractivity contribution in [2.24, 2.45) is 0 Å². The van der Waals surface area contributed by atoms with Crippen molar-refractivity contribution in [1.82, 2.24) is 5.32 Å². The highest BCUT2D eigenvalue weighted by molar-refractivity contribution is 5.95. The summed E-state index contributed by atoms with van der Waals surface area (Å²) in [5.41, 5.74) is 0.628. The Morgan fingerprint density at radius 2 is 2.20 bits per heavy atom. The standard InChI is InChI=1S/C8H15NO/c1-4-5-9-6-8(10)7(2)3/h9H,2,4-6H2,1,3H3. The second kappa shape index (κ2) is 5.18. The molecule has 0 spiro atoms. The first-order valence-corrected chi connectivity index (χ1v) is 3.58. The Hall–Kier alpha value is -0.630. The van der Waals surface area contributed by atoms with E-state index in [1.165, 1.54) is 0 Å². The van der Waals surface area contributed by atoms with Crippen LogP contribution in [0.1, 0.15) is 20.3 Å². The molecular weight excluding hydrogens is 126 g/mol. The van der Waals surface area contributed by atoms with Crippen LogP contribution < -0.4 is 5.32 Å². The van der Waals surface area contributed by atoms with Gasteiger partial charge < -0.3 is 5.32 Å². The zero-order valence-electron chi connectivity index (χ0n) is 6.74. The third-order valence-electron chi connectivity index (χ3n) is 1.19. The predicted octanol–water partition coefficient (Wildman–Crippen LogP) is 1.13. The molecule has 0 saturated heterocycles. The second-order valence-corrected chi connectivity index (χ2v) is 2.38. The number of hydrogen-bond donors (Lipinski definition) is 1. The lowest BCUT2D eigenvalue weighted by molar-refractivity contribution is -0.114. The van der Waals surface area contributed by atoms with Crippen LogP contribution in [-0.4, -0.2) is 18.9 Å². The van der Waals surface area contributed by atoms with Crippen molar-refractivity contribution in [3.8, 4) is 0 Å². The molecule has 1 N–H and O–H groups in total. The maximum Gasteiger partial charge on any atom is 0.171 e. The van der Waals surface area contributed by atoms with Gasteiger partial charge in [-0.3, -0.25) is 4.79 Å². The molecule has 2 heteroatoms. The van der Waals surface area contributed by atoms with E-state index in [0.29, 0.717) is 12.1 Å². The van der Waals surface area contributed by atoms with Gasteiger partial charge in [-0.05, 0) is 25.5 Å². The minimum absolute atomic E-state index is 0.105. The summed E-state index contributed by atoms with van der Waals surface area (Å²) in [4.78, 5) is 10.9. The van der Waals surface area contributed by atoms with Gasteiger partial charge in [-0.2, -0.15) is 0 Å². The molecule has 0 bridgehead atoms. The molecule has 2 nitrogen and oxygen atoms in total. The quantitative estimate of drug-likeness (QED) is 0.459. The fraction of sp³-hybridized carbons (Fsp3) is 0.625. The van der Waals surface area contributed by atoms with Crippen molar-refractivity contribution in [1.29, 1.82) is 0 Å². The summed E-state index contributed by atoms with van der Waals surface area (Å²) < 4.78 is 0. The van der Waals surface area contributed by atoms with Crippen molar-refractivity contribution >= 4 is 5.78 Å². The van der Waals surface area contributed by atoms with Gasteiger partial charge in [-0.15, -0.1) is 0 Å². The van der Waals surface area contributed by atoms with Crippen LogP contribution in [0.3, 0.4) is 0 Å². The van der Waals surface area contributed by atoms with Crippen molar-refractivity contribution in [2.75, 3.05) is 13.1 Å². The molecule has 0 aliphatic heterocycles. The van der Waals surface area contributed by atoms with Crippen LogP contribution in [0.25, 0.3) is 0 Å². The molecule has 0 unspecified atom stereocenters. The molecule has 0 amide bonds. The van der Waals surface area contributed by atoms with Gasteiger partial charge >= 0.3 is 0 Å². The summed E-state index contributed by atoms with van der Waals surface area (Å²) in [5.74, 6) is 0.105. The van der Waals surface area contributed by atoms with E-state index < -0.39 is 0 Å². The van der Waals surface area contributed by atoms with Crippen molar-refractivity contribution < 1.29 is 4.79 Å². The Morgan fingerprint density at radius 3 is 2.60 bits per heavy atom. The fourth-order valence-electron chi connectivity index (χ4n) is 0.530. The number of nitrogens with one attached hydrogen (secondary N) is 1. The minimum atomic E-state index is 0.105. The number of ketones is 1. The highest BCUT2D eigenvalue weighted by Gasteiger charge is 1.98. The van der Waals surface area contributed by atoms with Crippen LogP contribution in [0.15, 0.2) is 12.2 Å².